The van der Waals surface area contributed by atoms with Crippen molar-refractivity contribution in [2.24, 2.45) is 12.0 Å². The molecule has 150 valence electrons. The zero-order valence-electron chi connectivity index (χ0n) is 15.7. The van der Waals surface area contributed by atoms with E-state index in [0.717, 1.165) is 5.52 Å². The summed E-state index contributed by atoms with van der Waals surface area (Å²) in [5, 5.41) is 3.58. The molecule has 0 aliphatic carbocycles. The van der Waals surface area contributed by atoms with Crippen molar-refractivity contribution in [3.63, 3.8) is 0 Å². The van der Waals surface area contributed by atoms with E-state index in [1.807, 2.05) is 0 Å². The highest BCUT2D eigenvalue weighted by Gasteiger charge is 2.39. The topological polar surface area (TPSA) is 80.5 Å². The molecule has 1 heterocycles. The van der Waals surface area contributed by atoms with Crippen LogP contribution in [-0.4, -0.2) is 17.1 Å². The monoisotopic (exact) mass is 433 g/mol. The third-order valence-corrected chi connectivity index (χ3v) is 6.55. The van der Waals surface area contributed by atoms with Gasteiger partial charge in [0.25, 0.3) is 0 Å². The zero-order valence-corrected chi connectivity index (χ0v) is 17.3. The Labute approximate surface area is 171 Å². The van der Waals surface area contributed by atoms with Crippen LogP contribution in [0.2, 0.25) is 5.02 Å². The van der Waals surface area contributed by atoms with E-state index in [1.54, 1.807) is 42.1 Å². The van der Waals surface area contributed by atoms with E-state index in [4.69, 9.17) is 11.6 Å². The summed E-state index contributed by atoms with van der Waals surface area (Å²) < 4.78 is 27.9. The van der Waals surface area contributed by atoms with Crippen LogP contribution in [0, 0.1) is 10.7 Å². The number of hydrogen-bond acceptors (Lipinski definition) is 3. The van der Waals surface area contributed by atoms with E-state index in [0.29, 0.717) is 21.5 Å². The van der Waals surface area contributed by atoms with Gasteiger partial charge in [0.15, 0.2) is 0 Å². The molecular weight excluding hydrogens is 416 g/mol. The van der Waals surface area contributed by atoms with Crippen LogP contribution in [0.1, 0.15) is 16.8 Å². The number of halogens is 2. The van der Waals surface area contributed by atoms with Crippen LogP contribution in [0.4, 0.5) is 4.39 Å². The lowest BCUT2D eigenvalue weighted by Gasteiger charge is -2.17. The molecule has 0 saturated heterocycles. The first-order valence-electron chi connectivity index (χ1n) is 8.62. The Hall–Kier alpha value is -2.76. The second-order valence-electron chi connectivity index (χ2n) is 6.68. The summed E-state index contributed by atoms with van der Waals surface area (Å²) >= 11 is 6.09. The van der Waals surface area contributed by atoms with E-state index in [2.05, 4.69) is 10.3 Å². The highest BCUT2D eigenvalue weighted by Crippen LogP contribution is 2.58. The minimum atomic E-state index is -3.78. The van der Waals surface area contributed by atoms with E-state index < -0.39 is 24.7 Å². The van der Waals surface area contributed by atoms with E-state index >= 15 is 0 Å². The van der Waals surface area contributed by atoms with Crippen molar-refractivity contribution in [2.75, 3.05) is 6.66 Å². The Morgan fingerprint density at radius 3 is 2.76 bits per heavy atom. The Balaban J connectivity index is 1.98. The lowest BCUT2D eigenvalue weighted by molar-refractivity contribution is -0.119. The molecule has 1 amide bonds. The van der Waals surface area contributed by atoms with Gasteiger partial charge in [0, 0.05) is 42.0 Å². The summed E-state index contributed by atoms with van der Waals surface area (Å²) in [6, 6.07) is 10.9. The number of hydrogen-bond donors (Lipinski definition) is 1. The molecule has 2 unspecified atom stereocenters. The molecule has 0 aliphatic rings. The summed E-state index contributed by atoms with van der Waals surface area (Å²) in [5.74, 6) is -1.07. The lowest BCUT2D eigenvalue weighted by atomic mass is 10.1. The number of aryl methyl sites for hydroxylation is 1. The van der Waals surface area contributed by atoms with Gasteiger partial charge in [-0.05, 0) is 52.5 Å². The Morgan fingerprint density at radius 2 is 2.07 bits per heavy atom. The number of nitrogens with one attached hydrogen (secondary N) is 1. The molecular formula is C20H18ClFN3O3P. The third kappa shape index (κ3) is 4.47. The largest absolute Gasteiger partial charge is 0.350 e. The van der Waals surface area contributed by atoms with Gasteiger partial charge in [-0.1, -0.05) is 23.7 Å². The van der Waals surface area contributed by atoms with Crippen molar-refractivity contribution < 1.29 is 13.8 Å². The van der Waals surface area contributed by atoms with E-state index in [9.17, 15) is 18.7 Å². The van der Waals surface area contributed by atoms with Crippen LogP contribution in [-0.2, 0) is 16.4 Å². The zero-order chi connectivity index (χ0) is 21.2. The van der Waals surface area contributed by atoms with Gasteiger partial charge in [-0.15, -0.1) is 4.91 Å². The average Bonchev–Trinajstić information content (AvgIpc) is 2.97. The van der Waals surface area contributed by atoms with Crippen LogP contribution in [0.5, 0.6) is 0 Å². The van der Waals surface area contributed by atoms with Gasteiger partial charge in [0.1, 0.15) is 11.5 Å². The summed E-state index contributed by atoms with van der Waals surface area (Å²) in [6.45, 7) is 1.17. The average molecular weight is 434 g/mol. The van der Waals surface area contributed by atoms with Gasteiger partial charge in [0.2, 0.25) is 13.2 Å². The summed E-state index contributed by atoms with van der Waals surface area (Å²) in [7, 11) is -2.01. The number of benzene rings is 2. The first-order valence-corrected chi connectivity index (χ1v) is 11.2. The fraction of sp³-hybridized carbons (Fsp3) is 0.150. The Kier molecular flexibility index (Phi) is 6.01. The molecule has 2 atom stereocenters. The first kappa shape index (κ1) is 21.0. The van der Waals surface area contributed by atoms with Crippen molar-refractivity contribution in [1.29, 1.82) is 0 Å². The van der Waals surface area contributed by atoms with Gasteiger partial charge in [-0.25, -0.2) is 4.39 Å². The van der Waals surface area contributed by atoms with Crippen molar-refractivity contribution in [2.45, 2.75) is 5.66 Å². The Bertz CT molecular complexity index is 1170. The number of fused-ring (bicyclic) bond motifs is 1. The first-order chi connectivity index (χ1) is 13.7. The highest BCUT2D eigenvalue weighted by molar-refractivity contribution is 7.63. The predicted molar refractivity (Wildman–Crippen MR) is 114 cm³/mol. The summed E-state index contributed by atoms with van der Waals surface area (Å²) in [6.07, 6.45) is 4.45. The fourth-order valence-corrected chi connectivity index (χ4v) is 4.68. The molecule has 0 fully saturated rings. The molecule has 0 bridgehead atoms. The Morgan fingerprint density at radius 1 is 1.31 bits per heavy atom. The van der Waals surface area contributed by atoms with Gasteiger partial charge in [0.05, 0.1) is 0 Å². The van der Waals surface area contributed by atoms with Gasteiger partial charge < -0.3 is 9.88 Å². The van der Waals surface area contributed by atoms with Crippen molar-refractivity contribution >= 4 is 41.8 Å². The van der Waals surface area contributed by atoms with Crippen LogP contribution < -0.4 is 5.32 Å². The second kappa shape index (κ2) is 8.31. The van der Waals surface area contributed by atoms with Crippen LogP contribution in [0.3, 0.4) is 0 Å². The number of nitrogens with zero attached hydrogens (tertiary/aromatic N) is 2. The smallest absolute Gasteiger partial charge is 0.246 e. The molecule has 3 rings (SSSR count). The number of carbonyl (C=O) groups is 1. The minimum Gasteiger partial charge on any atom is -0.350 e. The quantitative estimate of drug-likeness (QED) is 0.413. The molecule has 1 aromatic heterocycles. The normalized spacial score (nSPS) is 14.6. The molecule has 9 heteroatoms. The predicted octanol–water partition coefficient (Wildman–Crippen LogP) is 5.47. The van der Waals surface area contributed by atoms with Crippen LogP contribution >= 0.6 is 18.9 Å². The van der Waals surface area contributed by atoms with Crippen LogP contribution in [0.25, 0.3) is 17.0 Å². The molecule has 0 radical (unpaired) electrons. The van der Waals surface area contributed by atoms with Crippen molar-refractivity contribution in [3.8, 4) is 0 Å². The molecule has 3 aromatic rings. The highest BCUT2D eigenvalue weighted by atomic mass is 35.5. The number of carbonyl (C=O) groups excluding carboxylic acids is 1. The van der Waals surface area contributed by atoms with Crippen molar-refractivity contribution in [3.05, 3.63) is 81.7 Å². The van der Waals surface area contributed by atoms with E-state index in [1.165, 1.54) is 37.1 Å². The molecule has 0 aliphatic heterocycles. The summed E-state index contributed by atoms with van der Waals surface area (Å²) in [5.41, 5.74) is 0.404. The maximum atomic E-state index is 13.3. The summed E-state index contributed by atoms with van der Waals surface area (Å²) in [4.78, 5) is 27.0. The fourth-order valence-electron chi connectivity index (χ4n) is 3.19. The van der Waals surface area contributed by atoms with Crippen LogP contribution in [0.15, 0.2) is 59.8 Å². The minimum absolute atomic E-state index is 0.395. The van der Waals surface area contributed by atoms with Gasteiger partial charge >= 0.3 is 0 Å². The van der Waals surface area contributed by atoms with Gasteiger partial charge in [-0.2, -0.15) is 0 Å². The second-order valence-corrected chi connectivity index (χ2v) is 9.68. The number of nitroso groups, excluding NO2 is 1. The lowest BCUT2D eigenvalue weighted by Crippen LogP contribution is -2.24. The molecule has 29 heavy (non-hydrogen) atoms. The number of aromatic nitrogens is 1. The maximum absolute atomic E-state index is 13.3. The maximum Gasteiger partial charge on any atom is 0.246 e. The van der Waals surface area contributed by atoms with Gasteiger partial charge in [-0.3, -0.25) is 9.36 Å². The molecule has 6 nitrogen and oxygen atoms in total. The molecule has 0 spiro atoms. The standard InChI is InChI=1S/C20H18ClFN3O3P/c1-25-12-17(16-11-14(21)6-7-18(16)25)19(29(2,28)24-27)20(26)23-9-8-13-4-3-5-15(22)10-13/h3-12,19H,1-2H3,(H,23,26)/b9-8+. The molecule has 2 aromatic carbocycles. The van der Waals surface area contributed by atoms with Crippen molar-refractivity contribution in [1.82, 2.24) is 9.88 Å². The molecule has 0 saturated carbocycles. The molecule has 1 N–H and O–H groups in total. The third-order valence-electron chi connectivity index (χ3n) is 4.52. The number of amides is 1. The van der Waals surface area contributed by atoms with E-state index in [-0.39, 0.29) is 0 Å². The SMILES string of the molecule is Cn1cc(C(C(=O)N/C=C/c2cccc(F)c2)P(C)(=O)N=O)c2cc(Cl)ccc21. The number of rotatable bonds is 6.